The number of nitrogens with one attached hydrogen (secondary N) is 1. The number of benzene rings is 2. The maximum atomic E-state index is 11.2. The fourth-order valence-electron chi connectivity index (χ4n) is 10.3. The molecule has 2 aliphatic heterocycles. The van der Waals surface area contributed by atoms with Crippen molar-refractivity contribution in [1.82, 2.24) is 44.6 Å². The molecular weight excluding hydrogens is 1220 g/mol. The Bertz CT molecular complexity index is 3470. The summed E-state index contributed by atoms with van der Waals surface area (Å²) in [5.41, 5.74) is 18.7. The van der Waals surface area contributed by atoms with Crippen LogP contribution in [0.5, 0.6) is 0 Å². The van der Waals surface area contributed by atoms with E-state index in [9.17, 15) is 38.2 Å². The van der Waals surface area contributed by atoms with Crippen molar-refractivity contribution in [3.05, 3.63) is 116 Å². The first kappa shape index (κ1) is 75.9. The van der Waals surface area contributed by atoms with Gasteiger partial charge in [0, 0.05) is 57.2 Å². The molecule has 2 aromatic carbocycles. The molecule has 0 saturated heterocycles. The zero-order chi connectivity index (χ0) is 59.4. The van der Waals surface area contributed by atoms with Crippen LogP contribution in [-0.4, -0.2) is 130 Å². The third kappa shape index (κ3) is 22.6. The van der Waals surface area contributed by atoms with E-state index in [2.05, 4.69) is 80.9 Å². The van der Waals surface area contributed by atoms with E-state index < -0.39 is 51.7 Å². The number of fused-ring (bicyclic) bond motifs is 18. The topological polar surface area (TPSA) is 297 Å². The number of nitrogens with zero attached hydrogens (tertiary/aromatic N) is 8. The van der Waals surface area contributed by atoms with E-state index in [0.717, 1.165) is 161 Å². The average Bonchev–Trinajstić information content (AvgIpc) is 1.79. The molecule has 8 bridgehead atoms. The van der Waals surface area contributed by atoms with Gasteiger partial charge in [-0.15, -0.1) is 0 Å². The molecule has 1 unspecified atom stereocenters. The van der Waals surface area contributed by atoms with Gasteiger partial charge in [-0.3, -0.25) is 0 Å². The summed E-state index contributed by atoms with van der Waals surface area (Å²) < 4.78 is 96.8. The summed E-state index contributed by atoms with van der Waals surface area (Å²) in [7, 11) is -14.0. The first-order chi connectivity index (χ1) is 38.7. The Morgan fingerprint density at radius 2 is 0.767 bits per heavy atom. The summed E-state index contributed by atoms with van der Waals surface area (Å²) in [4.78, 5) is 41.0. The van der Waals surface area contributed by atoms with E-state index in [1.165, 1.54) is 73.7 Å². The zero-order valence-electron chi connectivity index (χ0n) is 50.2. The number of rotatable bonds is 11. The van der Waals surface area contributed by atoms with Gasteiger partial charge in [-0.05, 0) is 217 Å². The van der Waals surface area contributed by atoms with Crippen LogP contribution in [-0.2, 0) is 82.6 Å². The van der Waals surface area contributed by atoms with Gasteiger partial charge in [-0.1, -0.05) is 56.0 Å². The molecule has 5 aromatic rings. The Balaban J connectivity index is 0.000000455. The second-order valence-corrected chi connectivity index (χ2v) is 30.0. The Morgan fingerprint density at radius 1 is 0.500 bits per heavy atom. The first-order valence-corrected chi connectivity index (χ1v) is 35.7. The number of aryl methyl sites for hydroxylation is 8. The third-order valence-electron chi connectivity index (χ3n) is 15.0. The van der Waals surface area contributed by atoms with E-state index in [4.69, 9.17) is 45.0 Å². The molecule has 4 radical (unpaired) electrons. The van der Waals surface area contributed by atoms with Crippen molar-refractivity contribution in [2.45, 2.75) is 164 Å². The summed E-state index contributed by atoms with van der Waals surface area (Å²) in [5.74, 6) is 1.94. The van der Waals surface area contributed by atoms with Crippen LogP contribution in [0.1, 0.15) is 173 Å². The zero-order valence-corrected chi connectivity index (χ0v) is 54.4. The summed E-state index contributed by atoms with van der Waals surface area (Å²) in [6.45, 7) is 9.88. The Kier molecular flexibility index (Phi) is 30.0. The fourth-order valence-corrected chi connectivity index (χ4v) is 13.7. The maximum absolute atomic E-state index is 11.2. The number of hydrogen-bond donors (Lipinski definition) is 2. The van der Waals surface area contributed by atoms with Gasteiger partial charge in [-0.25, -0.2) is 48.4 Å². The molecule has 11 rings (SSSR count). The molecule has 3 aromatic heterocycles. The Hall–Kier alpha value is -4.38. The van der Waals surface area contributed by atoms with Crippen molar-refractivity contribution in [2.24, 2.45) is 0 Å². The van der Waals surface area contributed by atoms with Crippen LogP contribution in [0.3, 0.4) is 0 Å². The van der Waals surface area contributed by atoms with Crippen LogP contribution >= 0.6 is 0 Å². The van der Waals surface area contributed by atoms with E-state index in [1.807, 2.05) is 0 Å². The summed E-state index contributed by atoms with van der Waals surface area (Å²) >= 11 is 0. The largest absolute Gasteiger partial charge is 2.00 e. The van der Waals surface area contributed by atoms with Gasteiger partial charge in [0.25, 0.3) is 0 Å². The van der Waals surface area contributed by atoms with Crippen LogP contribution in [0.25, 0.3) is 44.9 Å². The minimum absolute atomic E-state index is 0. The standard InChI is InChI=1S/C32H32N8.2C8H10.C7H17NO5S2.C4H10O5S2.CH4.B.Cu.Li.H2/c1-2-10-18-17(9-1)25-33-26(18)38-28-21-13-5-6-14-22(21)30(35-28)40-32-24-16-8-7-15-23(24)31(36-32)39-29-20-12-4-3-11-19(20)27(34-29)37-25;2*1-7-5-3-4-6-8(7)2;1-7(9)6-8-15(12,13)5-3-4-14(2,10)11;1-10(5,6)3-2-4-11(7,8)9;;;;;/h1-16H2;2*3-6H,1-2H3;7-9H,3-6H2,1-2H3;2-4H2,1H3,(H,7,8,9);1H4;;;;1H/q-2;;;;;;;+2;+1;/p-1/i;;;;;;;;;1+1. The van der Waals surface area contributed by atoms with Crippen molar-refractivity contribution >= 4 is 93.1 Å². The van der Waals surface area contributed by atoms with Crippen molar-refractivity contribution in [3.8, 4) is 0 Å². The fraction of sp³-hybridized carbons (Fsp3) is 0.533. The number of hydrogen-bond acceptors (Lipinski definition) is 16. The number of sulfone groups is 2. The van der Waals surface area contributed by atoms with Crippen molar-refractivity contribution in [2.75, 3.05) is 42.1 Å². The monoisotopic (exact) mass is 1300 g/mol. The SMILES string of the molecule is C.C1CCC2=C(C1)c1nc2nc2[n-]c(nc3nc(nc4[n-]c(n1)c1c4CCCC1)C1=C3CCCC1)c1c2CCCC1.CC(O)CNS(=O)(=O)CCCS(C)(=O)=O.CS(=O)(=O)CCCS(=O)(=O)[O-].Cc1ccccc1C.Cc1ccccc1C.[2HH].[B].[Cu+2].[Li+]. The molecule has 468 valence electrons. The molecule has 0 fully saturated rings. The molecule has 0 saturated carbocycles. The smallest absolute Gasteiger partial charge is 0.748 e. The van der Waals surface area contributed by atoms with Crippen molar-refractivity contribution < 1.29 is 80.7 Å². The van der Waals surface area contributed by atoms with Crippen molar-refractivity contribution in [1.29, 1.82) is 0 Å². The van der Waals surface area contributed by atoms with Crippen LogP contribution in [0.15, 0.2) is 48.5 Å². The van der Waals surface area contributed by atoms with Gasteiger partial charge < -0.3 is 39.6 Å². The quantitative estimate of drug-likeness (QED) is 0.119. The predicted octanol–water partition coefficient (Wildman–Crippen LogP) is 5.68. The number of sulfonamides is 1. The first-order valence-electron chi connectivity index (χ1n) is 28.3. The third-order valence-corrected chi connectivity index (χ3v) is 19.3. The van der Waals surface area contributed by atoms with E-state index in [0.29, 0.717) is 0 Å². The number of allylic oxidation sites excluding steroid dienone is 4. The minimum Gasteiger partial charge on any atom is -0.748 e. The van der Waals surface area contributed by atoms with Crippen LogP contribution in [0.2, 0.25) is 0 Å². The molecule has 4 aliphatic carbocycles. The van der Waals surface area contributed by atoms with Gasteiger partial charge in [0.1, 0.15) is 19.7 Å². The number of aromatic nitrogens is 8. The molecule has 6 aliphatic rings. The molecular formula is C60H84BCuLiN9O10S4. The van der Waals surface area contributed by atoms with Crippen LogP contribution in [0.4, 0.5) is 0 Å². The minimum atomic E-state index is -4.26. The molecule has 2 N–H and O–H groups in total. The summed E-state index contributed by atoms with van der Waals surface area (Å²) in [5, 5.41) is 8.85. The Morgan fingerprint density at radius 3 is 1.01 bits per heavy atom. The van der Waals surface area contributed by atoms with Crippen molar-refractivity contribution in [3.63, 3.8) is 0 Å². The number of aliphatic hydroxyl groups excluding tert-OH is 1. The molecule has 0 amide bonds. The van der Waals surface area contributed by atoms with Gasteiger partial charge in [0.15, 0.2) is 0 Å². The van der Waals surface area contributed by atoms with E-state index in [1.54, 1.807) is 0 Å². The molecule has 0 spiro atoms. The van der Waals surface area contributed by atoms with Gasteiger partial charge in [-0.2, -0.15) is 0 Å². The molecule has 86 heavy (non-hydrogen) atoms. The molecule has 5 heterocycles. The van der Waals surface area contributed by atoms with Crippen LogP contribution in [0, 0.1) is 27.7 Å². The van der Waals surface area contributed by atoms with Gasteiger partial charge in [0.2, 0.25) is 10.0 Å². The van der Waals surface area contributed by atoms with E-state index >= 15 is 0 Å². The normalized spacial score (nSPS) is 15.5. The average molecular weight is 1300 g/mol. The number of aliphatic hydroxyl groups is 1. The Labute approximate surface area is 536 Å². The maximum Gasteiger partial charge on any atom is 2.00 e. The second-order valence-electron chi connectivity index (χ2n) is 22.1. The predicted molar refractivity (Wildman–Crippen MR) is 337 cm³/mol. The summed E-state index contributed by atoms with van der Waals surface area (Å²) in [6.07, 6.45) is 18.5. The molecule has 19 nitrogen and oxygen atoms in total. The van der Waals surface area contributed by atoms with E-state index in [-0.39, 0.29) is 89.8 Å². The summed E-state index contributed by atoms with van der Waals surface area (Å²) in [6, 6.07) is 16.7. The van der Waals surface area contributed by atoms with Gasteiger partial charge in [0.05, 0.1) is 56.8 Å². The van der Waals surface area contributed by atoms with Crippen LogP contribution < -0.4 is 33.6 Å². The molecule has 26 heteroatoms. The molecule has 1 atom stereocenters. The second kappa shape index (κ2) is 34.0. The van der Waals surface area contributed by atoms with Gasteiger partial charge >= 0.3 is 35.9 Å².